The molecule has 0 saturated carbocycles. The van der Waals surface area contributed by atoms with Crippen LogP contribution in [0, 0.1) is 0 Å². The minimum Gasteiger partial charge on any atom is -0.477 e. The standard InChI is InChI=1S/C8H9N3O3/c1-2-3-7(12)9-6-4-5(8(13)14)10-11-6/h2-4H,1H3,(H,13,14)(H2,9,10,11,12). The maximum Gasteiger partial charge on any atom is 0.353 e. The number of carbonyl (C=O) groups excluding carboxylic acids is 1. The molecular formula is C8H9N3O3. The van der Waals surface area contributed by atoms with E-state index < -0.39 is 5.97 Å². The van der Waals surface area contributed by atoms with Crippen molar-refractivity contribution in [1.29, 1.82) is 0 Å². The highest BCUT2D eigenvalue weighted by atomic mass is 16.4. The summed E-state index contributed by atoms with van der Waals surface area (Å²) in [5.74, 6) is -1.29. The number of carboxylic acid groups (broad SMARTS) is 1. The van der Waals surface area contributed by atoms with Crippen LogP contribution in [0.2, 0.25) is 0 Å². The van der Waals surface area contributed by atoms with E-state index in [9.17, 15) is 9.59 Å². The minimum atomic E-state index is -1.12. The van der Waals surface area contributed by atoms with E-state index in [1.807, 2.05) is 0 Å². The third-order valence-electron chi connectivity index (χ3n) is 1.38. The van der Waals surface area contributed by atoms with Gasteiger partial charge in [-0.1, -0.05) is 6.08 Å². The quantitative estimate of drug-likeness (QED) is 0.616. The van der Waals surface area contributed by atoms with Crippen molar-refractivity contribution in [1.82, 2.24) is 10.2 Å². The van der Waals surface area contributed by atoms with Gasteiger partial charge >= 0.3 is 5.97 Å². The molecule has 0 aliphatic heterocycles. The zero-order chi connectivity index (χ0) is 10.6. The van der Waals surface area contributed by atoms with Crippen molar-refractivity contribution in [3.8, 4) is 0 Å². The van der Waals surface area contributed by atoms with E-state index in [4.69, 9.17) is 5.11 Å². The Hall–Kier alpha value is -2.11. The number of hydrogen-bond donors (Lipinski definition) is 3. The predicted octanol–water partition coefficient (Wildman–Crippen LogP) is 0.622. The Kier molecular flexibility index (Phi) is 3.01. The average molecular weight is 195 g/mol. The summed E-state index contributed by atoms with van der Waals surface area (Å²) in [5, 5.41) is 16.8. The fourth-order valence-corrected chi connectivity index (χ4v) is 0.815. The van der Waals surface area contributed by atoms with E-state index >= 15 is 0 Å². The second-order valence-electron chi connectivity index (χ2n) is 2.46. The maximum absolute atomic E-state index is 11.0. The summed E-state index contributed by atoms with van der Waals surface area (Å²) in [5.41, 5.74) is -0.0687. The lowest BCUT2D eigenvalue weighted by Gasteiger charge is -1.93. The Morgan fingerprint density at radius 1 is 1.64 bits per heavy atom. The predicted molar refractivity (Wildman–Crippen MR) is 49.0 cm³/mol. The number of aromatic nitrogens is 2. The fraction of sp³-hybridized carbons (Fsp3) is 0.125. The number of allylic oxidation sites excluding steroid dienone is 1. The Morgan fingerprint density at radius 2 is 2.36 bits per heavy atom. The zero-order valence-electron chi connectivity index (χ0n) is 7.44. The van der Waals surface area contributed by atoms with Crippen molar-refractivity contribution < 1.29 is 14.7 Å². The van der Waals surface area contributed by atoms with Crippen LogP contribution in [0.15, 0.2) is 18.2 Å². The molecule has 1 aromatic rings. The highest BCUT2D eigenvalue weighted by molar-refractivity contribution is 5.99. The Bertz CT molecular complexity index is 381. The van der Waals surface area contributed by atoms with Gasteiger partial charge in [0.25, 0.3) is 0 Å². The number of aromatic amines is 1. The van der Waals surface area contributed by atoms with E-state index in [1.165, 1.54) is 12.1 Å². The van der Waals surface area contributed by atoms with Crippen molar-refractivity contribution in [3.05, 3.63) is 23.9 Å². The summed E-state index contributed by atoms with van der Waals surface area (Å²) in [6.45, 7) is 1.70. The van der Waals surface area contributed by atoms with E-state index in [1.54, 1.807) is 13.0 Å². The molecule has 1 amide bonds. The first kappa shape index (κ1) is 9.97. The molecule has 0 aromatic carbocycles. The van der Waals surface area contributed by atoms with Crippen LogP contribution in [0.5, 0.6) is 0 Å². The number of amides is 1. The number of H-pyrrole nitrogens is 1. The van der Waals surface area contributed by atoms with Gasteiger partial charge in [-0.2, -0.15) is 5.10 Å². The van der Waals surface area contributed by atoms with Crippen LogP contribution in [0.25, 0.3) is 0 Å². The van der Waals surface area contributed by atoms with Gasteiger partial charge in [-0.25, -0.2) is 4.79 Å². The summed E-state index contributed by atoms with van der Waals surface area (Å²) in [6, 6.07) is 1.24. The molecule has 0 fully saturated rings. The van der Waals surface area contributed by atoms with Crippen molar-refractivity contribution in [3.63, 3.8) is 0 Å². The van der Waals surface area contributed by atoms with Crippen LogP contribution in [0.4, 0.5) is 5.82 Å². The molecule has 0 radical (unpaired) electrons. The molecule has 0 saturated heterocycles. The molecule has 74 valence electrons. The van der Waals surface area contributed by atoms with Gasteiger partial charge in [0, 0.05) is 6.07 Å². The van der Waals surface area contributed by atoms with Gasteiger partial charge in [-0.05, 0) is 13.0 Å². The molecule has 0 unspecified atom stereocenters. The fourth-order valence-electron chi connectivity index (χ4n) is 0.815. The maximum atomic E-state index is 11.0. The van der Waals surface area contributed by atoms with Gasteiger partial charge in [-0.15, -0.1) is 0 Å². The molecule has 0 aliphatic rings. The number of anilines is 1. The van der Waals surface area contributed by atoms with Crippen LogP contribution in [0.3, 0.4) is 0 Å². The lowest BCUT2D eigenvalue weighted by Crippen LogP contribution is -2.07. The van der Waals surface area contributed by atoms with Gasteiger partial charge in [0.1, 0.15) is 5.69 Å². The third-order valence-corrected chi connectivity index (χ3v) is 1.38. The van der Waals surface area contributed by atoms with Crippen molar-refractivity contribution in [2.75, 3.05) is 5.32 Å². The molecule has 3 N–H and O–H groups in total. The molecule has 1 heterocycles. The molecular weight excluding hydrogens is 186 g/mol. The summed E-state index contributed by atoms with van der Waals surface area (Å²) in [4.78, 5) is 21.4. The number of aromatic carboxylic acids is 1. The second-order valence-corrected chi connectivity index (χ2v) is 2.46. The number of nitrogens with zero attached hydrogens (tertiary/aromatic N) is 1. The molecule has 0 bridgehead atoms. The first-order valence-corrected chi connectivity index (χ1v) is 3.86. The Morgan fingerprint density at radius 3 is 2.86 bits per heavy atom. The van der Waals surface area contributed by atoms with Crippen LogP contribution >= 0.6 is 0 Å². The van der Waals surface area contributed by atoms with Gasteiger partial charge in [0.2, 0.25) is 5.91 Å². The molecule has 0 spiro atoms. The Labute approximate surface area is 79.6 Å². The highest BCUT2D eigenvalue weighted by Crippen LogP contribution is 2.04. The summed E-state index contributed by atoms with van der Waals surface area (Å²) in [6.07, 6.45) is 2.88. The summed E-state index contributed by atoms with van der Waals surface area (Å²) >= 11 is 0. The highest BCUT2D eigenvalue weighted by Gasteiger charge is 2.08. The van der Waals surface area contributed by atoms with Gasteiger partial charge in [0.05, 0.1) is 0 Å². The van der Waals surface area contributed by atoms with Crippen molar-refractivity contribution in [2.45, 2.75) is 6.92 Å². The number of nitrogens with one attached hydrogen (secondary N) is 2. The van der Waals surface area contributed by atoms with Crippen LogP contribution in [-0.4, -0.2) is 27.2 Å². The molecule has 1 rings (SSSR count). The van der Waals surface area contributed by atoms with Crippen LogP contribution < -0.4 is 5.32 Å². The van der Waals surface area contributed by atoms with Gasteiger partial charge < -0.3 is 10.4 Å². The molecule has 6 nitrogen and oxygen atoms in total. The summed E-state index contributed by atoms with van der Waals surface area (Å²) < 4.78 is 0. The van der Waals surface area contributed by atoms with E-state index in [2.05, 4.69) is 15.5 Å². The largest absolute Gasteiger partial charge is 0.477 e. The Balaban J connectivity index is 2.69. The average Bonchev–Trinajstić information content (AvgIpc) is 2.53. The lowest BCUT2D eigenvalue weighted by molar-refractivity contribution is -0.111. The second kappa shape index (κ2) is 4.22. The van der Waals surface area contributed by atoms with Crippen LogP contribution in [0.1, 0.15) is 17.4 Å². The first-order chi connectivity index (χ1) is 6.63. The van der Waals surface area contributed by atoms with Crippen molar-refractivity contribution >= 4 is 17.7 Å². The normalized spacial score (nSPS) is 10.4. The van der Waals surface area contributed by atoms with E-state index in [-0.39, 0.29) is 17.4 Å². The molecule has 1 aromatic heterocycles. The number of rotatable bonds is 3. The molecule has 6 heteroatoms. The lowest BCUT2D eigenvalue weighted by atomic mass is 10.4. The SMILES string of the molecule is CC=CC(=O)Nc1cc(C(=O)O)[nH]n1. The molecule has 0 atom stereocenters. The topological polar surface area (TPSA) is 95.1 Å². The summed E-state index contributed by atoms with van der Waals surface area (Å²) in [7, 11) is 0. The van der Waals surface area contributed by atoms with Gasteiger partial charge in [0.15, 0.2) is 5.82 Å². The van der Waals surface area contributed by atoms with E-state index in [0.29, 0.717) is 0 Å². The first-order valence-electron chi connectivity index (χ1n) is 3.86. The monoisotopic (exact) mass is 195 g/mol. The van der Waals surface area contributed by atoms with E-state index in [0.717, 1.165) is 0 Å². The number of hydrogen-bond acceptors (Lipinski definition) is 3. The molecule has 14 heavy (non-hydrogen) atoms. The third kappa shape index (κ3) is 2.44. The van der Waals surface area contributed by atoms with Crippen molar-refractivity contribution in [2.24, 2.45) is 0 Å². The smallest absolute Gasteiger partial charge is 0.353 e. The number of carboxylic acids is 1. The zero-order valence-corrected chi connectivity index (χ0v) is 7.44. The minimum absolute atomic E-state index is 0.0687. The molecule has 0 aliphatic carbocycles. The van der Waals surface area contributed by atoms with Crippen LogP contribution in [-0.2, 0) is 4.79 Å². The van der Waals surface area contributed by atoms with Gasteiger partial charge in [-0.3, -0.25) is 9.89 Å². The number of carbonyl (C=O) groups is 2.